The van der Waals surface area contributed by atoms with Gasteiger partial charge in [0.1, 0.15) is 0 Å². The van der Waals surface area contributed by atoms with Crippen LogP contribution in [0.2, 0.25) is 0 Å². The molecule has 0 saturated heterocycles. The minimum absolute atomic E-state index is 0.0612. The van der Waals surface area contributed by atoms with Crippen LogP contribution in [0.3, 0.4) is 0 Å². The van der Waals surface area contributed by atoms with E-state index in [2.05, 4.69) is 10.6 Å². The number of rotatable bonds is 6. The third kappa shape index (κ3) is 4.72. The van der Waals surface area contributed by atoms with Crippen LogP contribution >= 0.6 is 0 Å². The number of nitrogens with one attached hydrogen (secondary N) is 2. The average Bonchev–Trinajstić information content (AvgIpc) is 2.94. The fourth-order valence-electron chi connectivity index (χ4n) is 2.83. The van der Waals surface area contributed by atoms with Gasteiger partial charge in [-0.3, -0.25) is 0 Å². The van der Waals surface area contributed by atoms with E-state index >= 15 is 0 Å². The minimum Gasteiger partial charge on any atom is -0.394 e. The minimum atomic E-state index is -0.283. The Morgan fingerprint density at radius 2 is 2.14 bits per heavy atom. The van der Waals surface area contributed by atoms with E-state index in [1.807, 2.05) is 30.3 Å². The first-order chi connectivity index (χ1) is 10.2. The van der Waals surface area contributed by atoms with Crippen LogP contribution in [0, 0.1) is 0 Å². The molecule has 1 fully saturated rings. The highest BCUT2D eigenvalue weighted by molar-refractivity contribution is 5.74. The first kappa shape index (κ1) is 15.8. The number of carbonyl (C=O) groups excluding carboxylic acids is 1. The van der Waals surface area contributed by atoms with Gasteiger partial charge >= 0.3 is 6.03 Å². The van der Waals surface area contributed by atoms with Crippen LogP contribution in [0.15, 0.2) is 30.3 Å². The van der Waals surface area contributed by atoms with Gasteiger partial charge in [-0.15, -0.1) is 0 Å². The summed E-state index contributed by atoms with van der Waals surface area (Å²) in [5, 5.41) is 15.2. The Morgan fingerprint density at radius 3 is 2.81 bits per heavy atom. The van der Waals surface area contributed by atoms with Gasteiger partial charge in [0.25, 0.3) is 0 Å². The molecule has 0 bridgehead atoms. The predicted molar refractivity (Wildman–Crippen MR) is 81.1 cm³/mol. The summed E-state index contributed by atoms with van der Waals surface area (Å²) in [7, 11) is 1.68. The lowest BCUT2D eigenvalue weighted by Gasteiger charge is -2.22. The van der Waals surface area contributed by atoms with Crippen molar-refractivity contribution in [1.82, 2.24) is 10.6 Å². The van der Waals surface area contributed by atoms with Crippen molar-refractivity contribution in [2.24, 2.45) is 0 Å². The number of aliphatic hydroxyl groups is 1. The van der Waals surface area contributed by atoms with E-state index < -0.39 is 0 Å². The molecule has 0 heterocycles. The van der Waals surface area contributed by atoms with Gasteiger partial charge in [0.05, 0.1) is 24.8 Å². The molecule has 1 aromatic carbocycles. The summed E-state index contributed by atoms with van der Waals surface area (Å²) in [5.74, 6) is 0. The second-order valence-corrected chi connectivity index (χ2v) is 5.50. The highest BCUT2D eigenvalue weighted by Gasteiger charge is 2.28. The average molecular weight is 292 g/mol. The molecular formula is C16H24N2O3. The van der Waals surface area contributed by atoms with Crippen molar-refractivity contribution in [1.29, 1.82) is 0 Å². The highest BCUT2D eigenvalue weighted by Crippen LogP contribution is 2.21. The third-order valence-corrected chi connectivity index (χ3v) is 3.95. The van der Waals surface area contributed by atoms with Crippen LogP contribution in [0.1, 0.15) is 24.8 Å². The van der Waals surface area contributed by atoms with E-state index in [0.29, 0.717) is 6.42 Å². The lowest BCUT2D eigenvalue weighted by Crippen LogP contribution is -2.50. The number of benzene rings is 1. The van der Waals surface area contributed by atoms with Crippen LogP contribution < -0.4 is 10.6 Å². The summed E-state index contributed by atoms with van der Waals surface area (Å²) in [6.07, 6.45) is 3.70. The normalized spacial score (nSPS) is 22.8. The number of ether oxygens (including phenoxy) is 1. The first-order valence-corrected chi connectivity index (χ1v) is 7.47. The molecule has 21 heavy (non-hydrogen) atoms. The number of hydrogen-bond donors (Lipinski definition) is 3. The lowest BCUT2D eigenvalue weighted by molar-refractivity contribution is 0.0871. The molecule has 2 rings (SSSR count). The van der Waals surface area contributed by atoms with Gasteiger partial charge in [0.15, 0.2) is 0 Å². The molecule has 0 spiro atoms. The van der Waals surface area contributed by atoms with Crippen LogP contribution in [0.25, 0.3) is 0 Å². The molecule has 116 valence electrons. The fraction of sp³-hybridized carbons (Fsp3) is 0.562. The van der Waals surface area contributed by atoms with Crippen molar-refractivity contribution in [2.45, 2.75) is 43.9 Å². The predicted octanol–water partition coefficient (Wildman–Crippen LogP) is 1.46. The molecular weight excluding hydrogens is 268 g/mol. The molecule has 3 atom stereocenters. The van der Waals surface area contributed by atoms with Gasteiger partial charge in [-0.2, -0.15) is 0 Å². The Morgan fingerprint density at radius 1 is 1.38 bits per heavy atom. The lowest BCUT2D eigenvalue weighted by atomic mass is 10.1. The van der Waals surface area contributed by atoms with Gasteiger partial charge in [-0.05, 0) is 31.2 Å². The molecule has 5 nitrogen and oxygen atoms in total. The first-order valence-electron chi connectivity index (χ1n) is 7.47. The monoisotopic (exact) mass is 292 g/mol. The Kier molecular flexibility index (Phi) is 6.02. The highest BCUT2D eigenvalue weighted by atomic mass is 16.5. The Labute approximate surface area is 125 Å². The van der Waals surface area contributed by atoms with Crippen LogP contribution in [-0.2, 0) is 11.2 Å². The maximum Gasteiger partial charge on any atom is 0.315 e. The van der Waals surface area contributed by atoms with Crippen molar-refractivity contribution < 1.29 is 14.6 Å². The molecule has 5 heteroatoms. The van der Waals surface area contributed by atoms with Crippen molar-refractivity contribution in [3.05, 3.63) is 35.9 Å². The van der Waals surface area contributed by atoms with E-state index in [4.69, 9.17) is 4.74 Å². The zero-order valence-electron chi connectivity index (χ0n) is 12.4. The van der Waals surface area contributed by atoms with Gasteiger partial charge in [-0.25, -0.2) is 4.79 Å². The maximum atomic E-state index is 12.0. The molecule has 2 amide bonds. The molecule has 1 aliphatic carbocycles. The second-order valence-electron chi connectivity index (χ2n) is 5.50. The topological polar surface area (TPSA) is 70.6 Å². The van der Waals surface area contributed by atoms with Crippen molar-refractivity contribution in [3.8, 4) is 0 Å². The molecule has 0 aliphatic heterocycles. The largest absolute Gasteiger partial charge is 0.394 e. The van der Waals surface area contributed by atoms with E-state index in [0.717, 1.165) is 24.8 Å². The van der Waals surface area contributed by atoms with Gasteiger partial charge in [-0.1, -0.05) is 30.3 Å². The zero-order chi connectivity index (χ0) is 15.1. The molecule has 1 saturated carbocycles. The summed E-state index contributed by atoms with van der Waals surface area (Å²) in [6, 6.07) is 9.36. The number of carbonyl (C=O) groups is 1. The standard InChI is InChI=1S/C16H24N2O3/c1-21-15-9-5-8-14(15)18-16(20)17-13(11-19)10-12-6-3-2-4-7-12/h2-4,6-7,13-15,19H,5,8-11H2,1H3,(H2,17,18,20)/t13-,14+,15+/m0/s1. The van der Waals surface area contributed by atoms with Gasteiger partial charge in [0.2, 0.25) is 0 Å². The van der Waals surface area contributed by atoms with E-state index in [1.54, 1.807) is 7.11 Å². The Hall–Kier alpha value is -1.59. The van der Waals surface area contributed by atoms with E-state index in [-0.39, 0.29) is 30.8 Å². The second kappa shape index (κ2) is 8.00. The SMILES string of the molecule is CO[C@@H]1CCC[C@H]1NC(=O)N[C@H](CO)Cc1ccccc1. The molecule has 0 aromatic heterocycles. The Bertz CT molecular complexity index is 438. The van der Waals surface area contributed by atoms with Crippen molar-refractivity contribution in [3.63, 3.8) is 0 Å². The number of methoxy groups -OCH3 is 1. The summed E-state index contributed by atoms with van der Waals surface area (Å²) >= 11 is 0. The maximum absolute atomic E-state index is 12.0. The third-order valence-electron chi connectivity index (χ3n) is 3.95. The van der Waals surface area contributed by atoms with Crippen LogP contribution in [0.4, 0.5) is 4.79 Å². The summed E-state index contributed by atoms with van der Waals surface area (Å²) in [4.78, 5) is 12.0. The summed E-state index contributed by atoms with van der Waals surface area (Å²) in [6.45, 7) is -0.0827. The van der Waals surface area contributed by atoms with Crippen molar-refractivity contribution >= 4 is 6.03 Å². The van der Waals surface area contributed by atoms with E-state index in [1.165, 1.54) is 0 Å². The molecule has 1 aliphatic rings. The smallest absolute Gasteiger partial charge is 0.315 e. The molecule has 3 N–H and O–H groups in total. The Balaban J connectivity index is 1.82. The van der Waals surface area contributed by atoms with Gasteiger partial charge < -0.3 is 20.5 Å². The van der Waals surface area contributed by atoms with E-state index in [9.17, 15) is 9.90 Å². The summed E-state index contributed by atoms with van der Waals surface area (Å²) in [5.41, 5.74) is 1.09. The quantitative estimate of drug-likeness (QED) is 0.743. The summed E-state index contributed by atoms with van der Waals surface area (Å²) < 4.78 is 5.36. The number of amides is 2. The molecule has 0 unspecified atom stereocenters. The fourth-order valence-corrected chi connectivity index (χ4v) is 2.83. The number of urea groups is 1. The number of aliphatic hydroxyl groups excluding tert-OH is 1. The zero-order valence-corrected chi connectivity index (χ0v) is 12.4. The van der Waals surface area contributed by atoms with Crippen molar-refractivity contribution in [2.75, 3.05) is 13.7 Å². The van der Waals surface area contributed by atoms with Crippen LogP contribution in [-0.4, -0.2) is 43.0 Å². The molecule has 1 aromatic rings. The van der Waals surface area contributed by atoms with Gasteiger partial charge in [0, 0.05) is 7.11 Å². The molecule has 0 radical (unpaired) electrons. The van der Waals surface area contributed by atoms with Crippen LogP contribution in [0.5, 0.6) is 0 Å². The number of hydrogen-bond acceptors (Lipinski definition) is 3.